The van der Waals surface area contributed by atoms with Crippen LogP contribution in [0.3, 0.4) is 0 Å². The van der Waals surface area contributed by atoms with E-state index in [2.05, 4.69) is 25.9 Å². The summed E-state index contributed by atoms with van der Waals surface area (Å²) in [7, 11) is 0. The molecule has 2 unspecified atom stereocenters. The average molecular weight is 455 g/mol. The molecule has 1 aliphatic rings. The van der Waals surface area contributed by atoms with Gasteiger partial charge in [-0.25, -0.2) is 0 Å². The Morgan fingerprint density at radius 3 is 1.61 bits per heavy atom. The number of rotatable bonds is 14. The third-order valence-corrected chi connectivity index (χ3v) is 7.53. The van der Waals surface area contributed by atoms with Gasteiger partial charge in [0.1, 0.15) is 0 Å². The minimum absolute atomic E-state index is 0.314. The van der Waals surface area contributed by atoms with Crippen molar-refractivity contribution in [3.05, 3.63) is 0 Å². The Hall–Kier alpha value is -0.110. The van der Waals surface area contributed by atoms with Gasteiger partial charge in [0.25, 0.3) is 0 Å². The normalized spacial score (nSPS) is 20.8. The minimum Gasteiger partial charge on any atom is -0.189 e. The molecule has 1 aliphatic carbocycles. The van der Waals surface area contributed by atoms with E-state index in [0.29, 0.717) is 12.0 Å². The molecule has 184 valence electrons. The van der Waals surface area contributed by atoms with Crippen LogP contribution in [-0.4, -0.2) is 11.0 Å². The van der Waals surface area contributed by atoms with Crippen molar-refractivity contribution >= 4 is 11.6 Å². The van der Waals surface area contributed by atoms with E-state index in [4.69, 9.17) is 16.7 Å². The number of halogens is 1. The van der Waals surface area contributed by atoms with Crippen molar-refractivity contribution in [2.75, 3.05) is 0 Å². The summed E-state index contributed by atoms with van der Waals surface area (Å²) < 4.78 is 0. The molecule has 3 heteroatoms. The number of alkyl halides is 1. The van der Waals surface area contributed by atoms with Crippen LogP contribution in [-0.2, 0) is 0 Å². The molecule has 0 aromatic carbocycles. The smallest absolute Gasteiger partial charge is 0.151 e. The number of unbranched alkanes of at least 4 members (excludes halogenated alkanes) is 9. The number of nitrogens with zero attached hydrogens (tertiary/aromatic N) is 2. The largest absolute Gasteiger partial charge is 0.189 e. The highest BCUT2D eigenvalue weighted by atomic mass is 35.5. The molecule has 1 saturated carbocycles. The minimum atomic E-state index is -0.514. The second kappa shape index (κ2) is 19.4. The van der Waals surface area contributed by atoms with E-state index in [0.717, 1.165) is 6.42 Å². The summed E-state index contributed by atoms with van der Waals surface area (Å²) >= 11 is 6.72. The van der Waals surface area contributed by atoms with Crippen LogP contribution >= 0.6 is 11.6 Å². The topological polar surface area (TPSA) is 24.7 Å². The van der Waals surface area contributed by atoms with Crippen molar-refractivity contribution < 1.29 is 0 Å². The summed E-state index contributed by atoms with van der Waals surface area (Å²) in [5, 5.41) is 9.37. The summed E-state index contributed by atoms with van der Waals surface area (Å²) in [6, 6.07) is 0.314. The molecule has 2 nitrogen and oxygen atoms in total. The van der Waals surface area contributed by atoms with E-state index in [9.17, 15) is 0 Å². The molecule has 0 aliphatic heterocycles. The Morgan fingerprint density at radius 2 is 1.13 bits per heavy atom. The zero-order valence-electron chi connectivity index (χ0n) is 21.5. The molecular formula is C28H55ClN2. The van der Waals surface area contributed by atoms with Gasteiger partial charge in [0.15, 0.2) is 5.00 Å². The van der Waals surface area contributed by atoms with Crippen LogP contribution in [0.4, 0.5) is 0 Å². The first-order chi connectivity index (χ1) is 15.0. The molecule has 0 aromatic rings. The fraction of sp³-hybridized carbons (Fsp3) is 1.00. The summed E-state index contributed by atoms with van der Waals surface area (Å²) in [5.41, 5.74) is 0. The van der Waals surface area contributed by atoms with Crippen LogP contribution in [0.25, 0.3) is 0 Å². The predicted octanol–water partition coefficient (Wildman–Crippen LogP) is 11.0. The van der Waals surface area contributed by atoms with Crippen LogP contribution in [0.1, 0.15) is 162 Å². The SMILES string of the molecule is CCCCCCCCCCCCC(C)(Cl)/N=N/C(C)C1CCCCCCCCCCC1. The van der Waals surface area contributed by atoms with Crippen LogP contribution < -0.4 is 0 Å². The zero-order valence-corrected chi connectivity index (χ0v) is 22.2. The number of hydrogen-bond acceptors (Lipinski definition) is 2. The highest BCUT2D eigenvalue weighted by Gasteiger charge is 2.22. The Bertz CT molecular complexity index is 409. The lowest BCUT2D eigenvalue weighted by Gasteiger charge is -2.22. The molecule has 1 rings (SSSR count). The molecule has 0 spiro atoms. The maximum absolute atomic E-state index is 6.72. The van der Waals surface area contributed by atoms with Crippen molar-refractivity contribution in [1.82, 2.24) is 0 Å². The molecule has 0 bridgehead atoms. The first-order valence-corrected chi connectivity index (χ1v) is 14.5. The van der Waals surface area contributed by atoms with Gasteiger partial charge in [-0.05, 0) is 45.4 Å². The van der Waals surface area contributed by atoms with Crippen molar-refractivity contribution in [1.29, 1.82) is 0 Å². The molecule has 0 heterocycles. The highest BCUT2D eigenvalue weighted by Crippen LogP contribution is 2.29. The summed E-state index contributed by atoms with van der Waals surface area (Å²) in [6.45, 7) is 6.61. The van der Waals surface area contributed by atoms with Gasteiger partial charge in [0, 0.05) is 0 Å². The van der Waals surface area contributed by atoms with Crippen LogP contribution in [0.2, 0.25) is 0 Å². The quantitative estimate of drug-likeness (QED) is 0.108. The number of azo groups is 1. The van der Waals surface area contributed by atoms with Gasteiger partial charge >= 0.3 is 0 Å². The van der Waals surface area contributed by atoms with Crippen molar-refractivity contribution in [3.8, 4) is 0 Å². The monoisotopic (exact) mass is 454 g/mol. The van der Waals surface area contributed by atoms with Crippen molar-refractivity contribution in [2.45, 2.75) is 173 Å². The Morgan fingerprint density at radius 1 is 0.710 bits per heavy atom. The van der Waals surface area contributed by atoms with Crippen LogP contribution in [0, 0.1) is 5.92 Å². The standard InChI is InChI=1S/C28H55ClN2/c1-4-5-6-7-8-9-13-16-19-22-25-28(3,29)31-30-26(2)27-23-20-17-14-11-10-12-15-18-21-24-27/h26-27H,4-25H2,1-3H3/b31-30+. The average Bonchev–Trinajstić information content (AvgIpc) is 2.74. The predicted molar refractivity (Wildman–Crippen MR) is 139 cm³/mol. The van der Waals surface area contributed by atoms with Gasteiger partial charge in [0.2, 0.25) is 0 Å². The molecule has 0 N–H and O–H groups in total. The van der Waals surface area contributed by atoms with E-state index in [1.54, 1.807) is 0 Å². The van der Waals surface area contributed by atoms with Crippen molar-refractivity contribution in [2.24, 2.45) is 16.1 Å². The number of hydrogen-bond donors (Lipinski definition) is 0. The van der Waals surface area contributed by atoms with E-state index >= 15 is 0 Å². The van der Waals surface area contributed by atoms with Gasteiger partial charge in [-0.2, -0.15) is 10.2 Å². The van der Waals surface area contributed by atoms with Gasteiger partial charge in [0.05, 0.1) is 6.04 Å². The summed E-state index contributed by atoms with van der Waals surface area (Å²) in [4.78, 5) is -0.514. The van der Waals surface area contributed by atoms with E-state index in [1.807, 2.05) is 0 Å². The second-order valence-corrected chi connectivity index (χ2v) is 11.4. The molecule has 1 fully saturated rings. The zero-order chi connectivity index (χ0) is 22.6. The highest BCUT2D eigenvalue weighted by molar-refractivity contribution is 6.23. The first-order valence-electron chi connectivity index (χ1n) is 14.2. The third-order valence-electron chi connectivity index (χ3n) is 7.27. The maximum Gasteiger partial charge on any atom is 0.151 e. The van der Waals surface area contributed by atoms with Crippen LogP contribution in [0.15, 0.2) is 10.2 Å². The molecule has 0 amide bonds. The maximum atomic E-state index is 6.72. The third kappa shape index (κ3) is 17.1. The van der Waals surface area contributed by atoms with E-state index in [1.165, 1.54) is 135 Å². The van der Waals surface area contributed by atoms with E-state index in [-0.39, 0.29) is 0 Å². The Labute approximate surface area is 200 Å². The van der Waals surface area contributed by atoms with Crippen LogP contribution in [0.5, 0.6) is 0 Å². The lowest BCUT2D eigenvalue weighted by atomic mass is 9.88. The lowest BCUT2D eigenvalue weighted by Crippen LogP contribution is -2.18. The molecular weight excluding hydrogens is 400 g/mol. The van der Waals surface area contributed by atoms with E-state index < -0.39 is 5.00 Å². The first kappa shape index (κ1) is 28.9. The molecule has 0 aromatic heterocycles. The second-order valence-electron chi connectivity index (χ2n) is 10.5. The molecule has 0 saturated heterocycles. The van der Waals surface area contributed by atoms with Gasteiger partial charge < -0.3 is 0 Å². The summed E-state index contributed by atoms with van der Waals surface area (Å²) in [5.74, 6) is 0.688. The van der Waals surface area contributed by atoms with Crippen molar-refractivity contribution in [3.63, 3.8) is 0 Å². The molecule has 0 radical (unpaired) electrons. The fourth-order valence-electron chi connectivity index (χ4n) is 4.97. The lowest BCUT2D eigenvalue weighted by molar-refractivity contribution is 0.338. The Kier molecular flexibility index (Phi) is 18.1. The fourth-order valence-corrected chi connectivity index (χ4v) is 5.15. The molecule has 31 heavy (non-hydrogen) atoms. The summed E-state index contributed by atoms with van der Waals surface area (Å²) in [6.07, 6.45) is 29.8. The van der Waals surface area contributed by atoms with Gasteiger partial charge in [-0.1, -0.05) is 134 Å². The molecule has 2 atom stereocenters. The van der Waals surface area contributed by atoms with Gasteiger partial charge in [-0.3, -0.25) is 0 Å². The van der Waals surface area contributed by atoms with Gasteiger partial charge in [-0.15, -0.1) is 0 Å². The Balaban J connectivity index is 2.23.